The first-order chi connectivity index (χ1) is 16.8. The fourth-order valence-corrected chi connectivity index (χ4v) is 4.47. The number of aromatic nitrogens is 4. The SMILES string of the molecule is Cc1cc(C#N)cc(F)c1-n1nc2c(-c3ccc4c(c3)CN(C(=O)C(C)O)CC4)n[nH]c2cc1=O. The van der Waals surface area contributed by atoms with E-state index in [1.165, 1.54) is 19.1 Å². The number of hydrogen-bond acceptors (Lipinski definition) is 6. The predicted octanol–water partition coefficient (Wildman–Crippen LogP) is 2.36. The molecule has 0 radical (unpaired) electrons. The summed E-state index contributed by atoms with van der Waals surface area (Å²) in [7, 11) is 0. The summed E-state index contributed by atoms with van der Waals surface area (Å²) in [5.41, 5.74) is 3.98. The molecule has 0 spiro atoms. The van der Waals surface area contributed by atoms with Gasteiger partial charge in [-0.05, 0) is 55.2 Å². The topological polar surface area (TPSA) is 128 Å². The van der Waals surface area contributed by atoms with E-state index >= 15 is 0 Å². The lowest BCUT2D eigenvalue weighted by molar-refractivity contribution is -0.140. The van der Waals surface area contributed by atoms with Crippen molar-refractivity contribution in [2.24, 2.45) is 0 Å². The molecule has 2 N–H and O–H groups in total. The van der Waals surface area contributed by atoms with Gasteiger partial charge in [-0.3, -0.25) is 14.7 Å². The van der Waals surface area contributed by atoms with Gasteiger partial charge in [0.1, 0.15) is 23.0 Å². The number of aliphatic hydroxyl groups is 1. The first kappa shape index (κ1) is 22.4. The van der Waals surface area contributed by atoms with Crippen molar-refractivity contribution in [1.82, 2.24) is 24.9 Å². The molecule has 5 rings (SSSR count). The number of carbonyl (C=O) groups excluding carboxylic acids is 1. The Morgan fingerprint density at radius 2 is 2.06 bits per heavy atom. The fraction of sp³-hybridized carbons (Fsp3) is 0.240. The van der Waals surface area contributed by atoms with Crippen LogP contribution in [0.1, 0.15) is 29.2 Å². The Morgan fingerprint density at radius 1 is 1.26 bits per heavy atom. The first-order valence-electron chi connectivity index (χ1n) is 11.0. The number of benzene rings is 2. The lowest BCUT2D eigenvalue weighted by Crippen LogP contribution is -2.41. The van der Waals surface area contributed by atoms with E-state index in [4.69, 9.17) is 5.26 Å². The van der Waals surface area contributed by atoms with E-state index in [9.17, 15) is 19.1 Å². The van der Waals surface area contributed by atoms with Gasteiger partial charge in [-0.1, -0.05) is 12.1 Å². The van der Waals surface area contributed by atoms with E-state index in [1.807, 2.05) is 24.3 Å². The van der Waals surface area contributed by atoms with Gasteiger partial charge < -0.3 is 10.0 Å². The van der Waals surface area contributed by atoms with Gasteiger partial charge in [-0.25, -0.2) is 4.39 Å². The maximum atomic E-state index is 14.8. The maximum Gasteiger partial charge on any atom is 0.273 e. The molecule has 0 fully saturated rings. The smallest absolute Gasteiger partial charge is 0.273 e. The minimum absolute atomic E-state index is 0.0271. The second-order valence-electron chi connectivity index (χ2n) is 8.63. The molecule has 1 atom stereocenters. The molecule has 0 aliphatic carbocycles. The first-order valence-corrected chi connectivity index (χ1v) is 11.0. The molecular weight excluding hydrogens is 451 g/mol. The number of nitriles is 1. The summed E-state index contributed by atoms with van der Waals surface area (Å²) < 4.78 is 15.8. The molecule has 1 unspecified atom stereocenters. The average molecular weight is 472 g/mol. The number of aromatic amines is 1. The Labute approximate surface area is 199 Å². The summed E-state index contributed by atoms with van der Waals surface area (Å²) in [5, 5.41) is 30.4. The number of amides is 1. The predicted molar refractivity (Wildman–Crippen MR) is 125 cm³/mol. The van der Waals surface area contributed by atoms with Gasteiger partial charge in [0.15, 0.2) is 5.82 Å². The lowest BCUT2D eigenvalue weighted by atomic mass is 9.96. The zero-order chi connectivity index (χ0) is 24.9. The molecule has 9 nitrogen and oxygen atoms in total. The van der Waals surface area contributed by atoms with E-state index in [2.05, 4.69) is 15.3 Å². The molecule has 0 saturated carbocycles. The van der Waals surface area contributed by atoms with E-state index in [0.717, 1.165) is 27.4 Å². The molecular formula is C25H21FN6O3. The molecule has 2 aromatic carbocycles. The Kier molecular flexibility index (Phi) is 5.42. The van der Waals surface area contributed by atoms with Gasteiger partial charge in [-0.2, -0.15) is 20.1 Å². The second-order valence-corrected chi connectivity index (χ2v) is 8.63. The number of rotatable bonds is 3. The molecule has 35 heavy (non-hydrogen) atoms. The summed E-state index contributed by atoms with van der Waals surface area (Å²) in [5.74, 6) is -1.05. The Bertz CT molecular complexity index is 1570. The van der Waals surface area contributed by atoms with Crippen LogP contribution in [0.15, 0.2) is 41.2 Å². The van der Waals surface area contributed by atoms with Gasteiger partial charge in [0.2, 0.25) is 0 Å². The van der Waals surface area contributed by atoms with Gasteiger partial charge in [0.25, 0.3) is 11.5 Å². The van der Waals surface area contributed by atoms with Crippen LogP contribution in [-0.2, 0) is 17.8 Å². The summed E-state index contributed by atoms with van der Waals surface area (Å²) in [6, 6.07) is 11.5. The van der Waals surface area contributed by atoms with E-state index in [0.29, 0.717) is 41.8 Å². The highest BCUT2D eigenvalue weighted by Crippen LogP contribution is 2.29. The van der Waals surface area contributed by atoms with Gasteiger partial charge in [0, 0.05) is 24.7 Å². The number of hydrogen-bond donors (Lipinski definition) is 2. The highest BCUT2D eigenvalue weighted by atomic mass is 19.1. The number of halogens is 1. The van der Waals surface area contributed by atoms with Crippen molar-refractivity contribution in [3.63, 3.8) is 0 Å². The number of fused-ring (bicyclic) bond motifs is 2. The van der Waals surface area contributed by atoms with Crippen molar-refractivity contribution >= 4 is 16.9 Å². The quantitative estimate of drug-likeness (QED) is 0.471. The third-order valence-electron chi connectivity index (χ3n) is 6.20. The van der Waals surface area contributed by atoms with Crippen LogP contribution in [0, 0.1) is 24.1 Å². The molecule has 0 saturated heterocycles. The van der Waals surface area contributed by atoms with Crippen molar-refractivity contribution in [2.45, 2.75) is 32.9 Å². The highest BCUT2D eigenvalue weighted by Gasteiger charge is 2.24. The molecule has 1 aliphatic rings. The summed E-state index contributed by atoms with van der Waals surface area (Å²) in [6.07, 6.45) is -0.397. The zero-order valence-corrected chi connectivity index (χ0v) is 19.0. The van der Waals surface area contributed by atoms with Crippen LogP contribution >= 0.6 is 0 Å². The number of nitrogens with zero attached hydrogens (tertiary/aromatic N) is 5. The second kappa shape index (κ2) is 8.45. The van der Waals surface area contributed by atoms with Crippen molar-refractivity contribution in [2.75, 3.05) is 6.54 Å². The maximum absolute atomic E-state index is 14.8. The van der Waals surface area contributed by atoms with Crippen molar-refractivity contribution in [1.29, 1.82) is 5.26 Å². The van der Waals surface area contributed by atoms with Crippen molar-refractivity contribution in [3.05, 3.63) is 74.8 Å². The lowest BCUT2D eigenvalue weighted by Gasteiger charge is -2.30. The van der Waals surface area contributed by atoms with E-state index in [-0.39, 0.29) is 17.2 Å². The van der Waals surface area contributed by atoms with E-state index < -0.39 is 17.5 Å². The monoisotopic (exact) mass is 472 g/mol. The highest BCUT2D eigenvalue weighted by molar-refractivity contribution is 5.89. The van der Waals surface area contributed by atoms with Crippen LogP contribution in [0.5, 0.6) is 0 Å². The molecule has 10 heteroatoms. The number of aliphatic hydroxyl groups excluding tert-OH is 1. The molecule has 176 valence electrons. The molecule has 3 heterocycles. The van der Waals surface area contributed by atoms with Crippen LogP contribution in [0.4, 0.5) is 4.39 Å². The molecule has 2 aromatic heterocycles. The molecule has 1 aliphatic heterocycles. The average Bonchev–Trinajstić information content (AvgIpc) is 3.24. The molecule has 0 bridgehead atoms. The number of aryl methyl sites for hydroxylation is 1. The third kappa shape index (κ3) is 3.86. The molecule has 4 aromatic rings. The Morgan fingerprint density at radius 3 is 2.77 bits per heavy atom. The van der Waals surface area contributed by atoms with Crippen molar-refractivity contribution < 1.29 is 14.3 Å². The number of carbonyl (C=O) groups is 1. The van der Waals surface area contributed by atoms with Crippen LogP contribution in [0.2, 0.25) is 0 Å². The van der Waals surface area contributed by atoms with Gasteiger partial charge in [0.05, 0.1) is 17.1 Å². The fourth-order valence-electron chi connectivity index (χ4n) is 4.47. The van der Waals surface area contributed by atoms with Crippen LogP contribution in [-0.4, -0.2) is 48.5 Å². The number of H-pyrrole nitrogens is 1. The third-order valence-corrected chi connectivity index (χ3v) is 6.20. The Hall–Kier alpha value is -4.36. The Balaban J connectivity index is 1.60. The normalized spacial score (nSPS) is 14.0. The number of nitrogens with one attached hydrogen (secondary N) is 1. The largest absolute Gasteiger partial charge is 0.384 e. The summed E-state index contributed by atoms with van der Waals surface area (Å²) in [6.45, 7) is 3.96. The van der Waals surface area contributed by atoms with Gasteiger partial charge in [-0.15, -0.1) is 0 Å². The van der Waals surface area contributed by atoms with E-state index in [1.54, 1.807) is 11.8 Å². The van der Waals surface area contributed by atoms with Crippen LogP contribution in [0.3, 0.4) is 0 Å². The summed E-state index contributed by atoms with van der Waals surface area (Å²) in [4.78, 5) is 26.6. The van der Waals surface area contributed by atoms with Gasteiger partial charge >= 0.3 is 0 Å². The minimum Gasteiger partial charge on any atom is -0.384 e. The minimum atomic E-state index is -1.07. The van der Waals surface area contributed by atoms with Crippen LogP contribution in [0.25, 0.3) is 28.0 Å². The zero-order valence-electron chi connectivity index (χ0n) is 19.0. The standard InChI is InChI=1S/C25H21FN6O3/c1-13-7-15(11-27)8-19(26)24(13)32-21(34)10-20-23(30-32)22(29-28-20)17-4-3-16-5-6-31(12-18(16)9-17)25(35)14(2)33/h3-4,7-10,14,28,33H,5-6,12H2,1-2H3. The molecule has 1 amide bonds. The summed E-state index contributed by atoms with van der Waals surface area (Å²) >= 11 is 0. The van der Waals surface area contributed by atoms with Crippen LogP contribution < -0.4 is 5.56 Å². The van der Waals surface area contributed by atoms with Crippen molar-refractivity contribution in [3.8, 4) is 23.0 Å².